The molecule has 0 fully saturated rings. The number of hydrogen-bond acceptors (Lipinski definition) is 0. The van der Waals surface area contributed by atoms with E-state index in [0.29, 0.717) is 0 Å². The Bertz CT molecular complexity index is 681. The van der Waals surface area contributed by atoms with E-state index in [1.165, 1.54) is 21.5 Å². The molecular weight excluding hydrogens is 502 g/mol. The topological polar surface area (TPSA) is 0 Å². The molecular formula is C21H21Cl2Hf-5. The fraction of sp³-hybridized carbons (Fsp3) is 0.143. The molecule has 0 bridgehead atoms. The summed E-state index contributed by atoms with van der Waals surface area (Å²) in [5.74, 6) is 0. The van der Waals surface area contributed by atoms with E-state index >= 15 is 0 Å². The van der Waals surface area contributed by atoms with Crippen molar-refractivity contribution in [3.8, 4) is 0 Å². The third-order valence-electron chi connectivity index (χ3n) is 3.11. The van der Waals surface area contributed by atoms with Crippen molar-refractivity contribution in [1.29, 1.82) is 0 Å². The van der Waals surface area contributed by atoms with Crippen LogP contribution in [0.1, 0.15) is 20.3 Å². The summed E-state index contributed by atoms with van der Waals surface area (Å²) in [5, 5.41) is 5.39. The summed E-state index contributed by atoms with van der Waals surface area (Å²) in [6.45, 7) is 4.00. The zero-order valence-corrected chi connectivity index (χ0v) is 19.1. The average molecular weight is 523 g/mol. The first-order chi connectivity index (χ1) is 10.4. The van der Waals surface area contributed by atoms with Gasteiger partial charge in [0.05, 0.1) is 0 Å². The Labute approximate surface area is 177 Å². The van der Waals surface area contributed by atoms with Gasteiger partial charge in [0.15, 0.2) is 0 Å². The molecule has 0 atom stereocenters. The fourth-order valence-electron chi connectivity index (χ4n) is 2.24. The van der Waals surface area contributed by atoms with E-state index in [-0.39, 0.29) is 50.7 Å². The summed E-state index contributed by atoms with van der Waals surface area (Å²) < 4.78 is 0. The second kappa shape index (κ2) is 14.6. The summed E-state index contributed by atoms with van der Waals surface area (Å²) in [6.07, 6.45) is 12.0. The summed E-state index contributed by atoms with van der Waals surface area (Å²) in [4.78, 5) is 0. The second-order valence-corrected chi connectivity index (χ2v) is 4.90. The van der Waals surface area contributed by atoms with Crippen LogP contribution in [0, 0.1) is 12.5 Å². The maximum Gasteiger partial charge on any atom is 0 e. The third-order valence-corrected chi connectivity index (χ3v) is 3.11. The molecule has 1 aliphatic rings. The molecule has 0 amide bonds. The van der Waals surface area contributed by atoms with Gasteiger partial charge in [-0.3, -0.25) is 6.08 Å². The molecule has 3 heteroatoms. The molecule has 0 unspecified atom stereocenters. The minimum absolute atomic E-state index is 0. The second-order valence-electron chi connectivity index (χ2n) is 4.90. The molecule has 24 heavy (non-hydrogen) atoms. The van der Waals surface area contributed by atoms with E-state index in [1.807, 2.05) is 32.4 Å². The van der Waals surface area contributed by atoms with Gasteiger partial charge in [-0.15, -0.1) is 46.2 Å². The van der Waals surface area contributed by atoms with Crippen molar-refractivity contribution < 1.29 is 50.7 Å². The predicted octanol–water partition coefficient (Wildman–Crippen LogP) is 0.254. The predicted molar refractivity (Wildman–Crippen MR) is 94.3 cm³/mol. The van der Waals surface area contributed by atoms with Gasteiger partial charge in [0.1, 0.15) is 0 Å². The molecule has 0 heterocycles. The smallest absolute Gasteiger partial charge is 0 e. The van der Waals surface area contributed by atoms with Crippen LogP contribution in [0.4, 0.5) is 0 Å². The molecule has 0 saturated heterocycles. The van der Waals surface area contributed by atoms with Crippen LogP contribution in [0.15, 0.2) is 72.8 Å². The van der Waals surface area contributed by atoms with E-state index in [1.54, 1.807) is 0 Å². The summed E-state index contributed by atoms with van der Waals surface area (Å²) >= 11 is 0. The van der Waals surface area contributed by atoms with Gasteiger partial charge in [0.2, 0.25) is 0 Å². The molecule has 3 aromatic carbocycles. The van der Waals surface area contributed by atoms with Crippen molar-refractivity contribution in [2.75, 3.05) is 0 Å². The first-order valence-corrected chi connectivity index (χ1v) is 7.35. The van der Waals surface area contributed by atoms with Crippen LogP contribution in [0.5, 0.6) is 0 Å². The van der Waals surface area contributed by atoms with E-state index in [0.717, 1.165) is 6.42 Å². The van der Waals surface area contributed by atoms with Gasteiger partial charge in [-0.05, 0) is 0 Å². The van der Waals surface area contributed by atoms with Crippen LogP contribution >= 0.6 is 0 Å². The minimum atomic E-state index is 0. The van der Waals surface area contributed by atoms with Gasteiger partial charge in [0.25, 0.3) is 0 Å². The van der Waals surface area contributed by atoms with Crippen molar-refractivity contribution in [2.24, 2.45) is 0 Å². The van der Waals surface area contributed by atoms with Gasteiger partial charge in [-0.2, -0.15) is 19.9 Å². The zero-order chi connectivity index (χ0) is 14.9. The van der Waals surface area contributed by atoms with Crippen molar-refractivity contribution in [1.82, 2.24) is 0 Å². The molecule has 0 saturated carbocycles. The van der Waals surface area contributed by atoms with Crippen molar-refractivity contribution in [3.63, 3.8) is 0 Å². The Balaban J connectivity index is 0. The number of rotatable bonds is 0. The van der Waals surface area contributed by atoms with Gasteiger partial charge < -0.3 is 31.2 Å². The van der Waals surface area contributed by atoms with Gasteiger partial charge >= 0.3 is 0 Å². The molecule has 1 aliphatic carbocycles. The van der Waals surface area contributed by atoms with E-state index < -0.39 is 0 Å². The van der Waals surface area contributed by atoms with E-state index in [4.69, 9.17) is 0 Å². The van der Waals surface area contributed by atoms with Crippen LogP contribution in [0.2, 0.25) is 0 Å². The molecule has 0 radical (unpaired) electrons. The normalized spacial score (nSPS) is 10.4. The maximum atomic E-state index is 2.99. The van der Waals surface area contributed by atoms with Crippen LogP contribution in [0.3, 0.4) is 0 Å². The summed E-state index contributed by atoms with van der Waals surface area (Å²) in [7, 11) is 0. The minimum Gasteiger partial charge on any atom is -1.00 e. The average Bonchev–Trinajstić information content (AvgIpc) is 3.19. The number of fused-ring (bicyclic) bond motifs is 3. The first kappa shape index (κ1) is 25.5. The molecule has 0 spiro atoms. The molecule has 0 nitrogen and oxygen atoms in total. The third kappa shape index (κ3) is 7.42. The molecule has 3 aromatic rings. The molecule has 4 rings (SSSR count). The molecule has 0 aliphatic heterocycles. The standard InChI is InChI=1S/C13H9.C5H5.C3H7.2ClH.Hf/c1-3-7-12-10(5-1)9-11-6-2-4-8-13(11)12;1-2-4-5-3-1;1-3-2;;;/h1-9H;1-3H,4H2;3H,1-2H3;2*1H;/q3*-1;;;/p-2. The number of hydrogen-bond donors (Lipinski definition) is 0. The maximum absolute atomic E-state index is 2.99. The Morgan fingerprint density at radius 3 is 1.67 bits per heavy atom. The van der Waals surface area contributed by atoms with Gasteiger partial charge in [0, 0.05) is 25.8 Å². The van der Waals surface area contributed by atoms with Crippen molar-refractivity contribution in [3.05, 3.63) is 85.3 Å². The quantitative estimate of drug-likeness (QED) is 0.294. The number of halogens is 2. The largest absolute Gasteiger partial charge is 1.00 e. The van der Waals surface area contributed by atoms with Crippen LogP contribution in [-0.4, -0.2) is 0 Å². The fourth-order valence-corrected chi connectivity index (χ4v) is 2.24. The summed E-state index contributed by atoms with van der Waals surface area (Å²) in [5.41, 5.74) is 0. The Kier molecular flexibility index (Phi) is 15.5. The SMILES string of the molecule is C[CH-]C.[C-]1=CC=CC1.[Cl-].[Cl-].[Hf].c1ccc2c(c1)[cH-]c1ccccc12. The Hall–Kier alpha value is -0.760. The van der Waals surface area contributed by atoms with Crippen molar-refractivity contribution in [2.45, 2.75) is 20.3 Å². The first-order valence-electron chi connectivity index (χ1n) is 7.35. The van der Waals surface area contributed by atoms with Crippen LogP contribution in [-0.2, 0) is 25.8 Å². The van der Waals surface area contributed by atoms with Crippen molar-refractivity contribution >= 4 is 21.5 Å². The number of allylic oxidation sites excluding steroid dienone is 4. The summed E-state index contributed by atoms with van der Waals surface area (Å²) in [6, 6.07) is 19.3. The molecule has 0 aromatic heterocycles. The van der Waals surface area contributed by atoms with Crippen LogP contribution in [0.25, 0.3) is 21.5 Å². The number of benzene rings is 2. The molecule has 0 N–H and O–H groups in total. The van der Waals surface area contributed by atoms with Gasteiger partial charge in [-0.1, -0.05) is 36.4 Å². The Morgan fingerprint density at radius 2 is 1.33 bits per heavy atom. The zero-order valence-electron chi connectivity index (χ0n) is 14.0. The van der Waals surface area contributed by atoms with Gasteiger partial charge in [-0.25, -0.2) is 12.2 Å². The van der Waals surface area contributed by atoms with E-state index in [2.05, 4.69) is 66.7 Å². The Morgan fingerprint density at radius 1 is 0.875 bits per heavy atom. The monoisotopic (exact) mass is 523 g/mol. The van der Waals surface area contributed by atoms with Crippen LogP contribution < -0.4 is 24.8 Å². The van der Waals surface area contributed by atoms with E-state index in [9.17, 15) is 0 Å². The molecule has 128 valence electrons.